The van der Waals surface area contributed by atoms with Gasteiger partial charge in [-0.25, -0.2) is 12.7 Å². The summed E-state index contributed by atoms with van der Waals surface area (Å²) in [7, 11) is -0.825. The first-order valence-corrected chi connectivity index (χ1v) is 9.89. The van der Waals surface area contributed by atoms with Crippen molar-refractivity contribution in [3.05, 3.63) is 65.7 Å². The Balaban J connectivity index is 2.09. The molecule has 0 bridgehead atoms. The number of hydrazine groups is 1. The van der Waals surface area contributed by atoms with Crippen molar-refractivity contribution in [1.29, 1.82) is 0 Å². The Bertz CT molecular complexity index is 912. The van der Waals surface area contributed by atoms with Crippen molar-refractivity contribution in [3.8, 4) is 0 Å². The maximum atomic E-state index is 12.4. The summed E-state index contributed by atoms with van der Waals surface area (Å²) in [5, 5.41) is 0. The number of carbonyl (C=O) groups is 2. The molecule has 0 saturated heterocycles. The summed E-state index contributed by atoms with van der Waals surface area (Å²) in [6.45, 7) is 1.88. The third kappa shape index (κ3) is 4.93. The fourth-order valence-corrected chi connectivity index (χ4v) is 3.49. The van der Waals surface area contributed by atoms with Crippen LogP contribution in [0.4, 0.5) is 0 Å². The van der Waals surface area contributed by atoms with E-state index in [9.17, 15) is 18.0 Å². The normalized spacial score (nSPS) is 12.4. The van der Waals surface area contributed by atoms with Crippen LogP contribution in [0.3, 0.4) is 0 Å². The maximum Gasteiger partial charge on any atom is 0.269 e. The topological polar surface area (TPSA) is 95.6 Å². The van der Waals surface area contributed by atoms with Crippen molar-refractivity contribution >= 4 is 21.8 Å². The van der Waals surface area contributed by atoms with Crippen LogP contribution >= 0.6 is 0 Å². The third-order valence-electron chi connectivity index (χ3n) is 4.10. The Morgan fingerprint density at radius 1 is 1.00 bits per heavy atom. The minimum absolute atomic E-state index is 0.00203. The van der Waals surface area contributed by atoms with Crippen molar-refractivity contribution in [1.82, 2.24) is 15.2 Å². The summed E-state index contributed by atoms with van der Waals surface area (Å²) in [5.41, 5.74) is 5.74. The van der Waals surface area contributed by atoms with Crippen LogP contribution in [-0.4, -0.2) is 38.6 Å². The van der Waals surface area contributed by atoms with Crippen LogP contribution in [0.25, 0.3) is 0 Å². The maximum absolute atomic E-state index is 12.4. The number of nitrogens with one attached hydrogen (secondary N) is 2. The molecule has 0 radical (unpaired) electrons. The fraction of sp³-hybridized carbons (Fsp3) is 0.263. The molecule has 2 rings (SSSR count). The van der Waals surface area contributed by atoms with Crippen LogP contribution in [0.1, 0.15) is 35.2 Å². The molecule has 1 atom stereocenters. The number of amides is 2. The molecule has 2 aromatic carbocycles. The summed E-state index contributed by atoms with van der Waals surface area (Å²) < 4.78 is 25.4. The Hall–Kier alpha value is -2.71. The lowest BCUT2D eigenvalue weighted by atomic mass is 9.96. The first-order chi connectivity index (χ1) is 12.8. The summed E-state index contributed by atoms with van der Waals surface area (Å²) in [6, 6.07) is 14.9. The van der Waals surface area contributed by atoms with Crippen molar-refractivity contribution in [2.24, 2.45) is 0 Å². The van der Waals surface area contributed by atoms with Gasteiger partial charge < -0.3 is 0 Å². The predicted molar refractivity (Wildman–Crippen MR) is 102 cm³/mol. The Morgan fingerprint density at radius 3 is 2.26 bits per heavy atom. The monoisotopic (exact) mass is 389 g/mol. The van der Waals surface area contributed by atoms with Crippen LogP contribution < -0.4 is 10.9 Å². The number of nitrogens with zero attached hydrogens (tertiary/aromatic N) is 1. The van der Waals surface area contributed by atoms with E-state index in [-0.39, 0.29) is 16.4 Å². The van der Waals surface area contributed by atoms with Crippen LogP contribution in [-0.2, 0) is 14.8 Å². The number of hydrogen-bond donors (Lipinski definition) is 2. The van der Waals surface area contributed by atoms with Crippen LogP contribution in [0.15, 0.2) is 59.5 Å². The molecule has 1 unspecified atom stereocenters. The van der Waals surface area contributed by atoms with Gasteiger partial charge in [0.1, 0.15) is 0 Å². The highest BCUT2D eigenvalue weighted by Gasteiger charge is 2.21. The molecule has 2 N–H and O–H groups in total. The Morgan fingerprint density at radius 2 is 1.67 bits per heavy atom. The quantitative estimate of drug-likeness (QED) is 0.738. The van der Waals surface area contributed by atoms with Gasteiger partial charge in [-0.15, -0.1) is 0 Å². The van der Waals surface area contributed by atoms with Gasteiger partial charge in [-0.3, -0.25) is 20.4 Å². The highest BCUT2D eigenvalue weighted by atomic mass is 32.2. The van der Waals surface area contributed by atoms with Gasteiger partial charge in [0.15, 0.2) is 0 Å². The van der Waals surface area contributed by atoms with Gasteiger partial charge in [0.2, 0.25) is 15.9 Å². The molecule has 0 saturated carbocycles. The molecule has 2 amide bonds. The van der Waals surface area contributed by atoms with Gasteiger partial charge in [-0.05, 0) is 30.2 Å². The lowest BCUT2D eigenvalue weighted by molar-refractivity contribution is -0.123. The van der Waals surface area contributed by atoms with E-state index < -0.39 is 21.8 Å². The molecule has 7 nitrogen and oxygen atoms in total. The number of hydrogen-bond acceptors (Lipinski definition) is 4. The fourth-order valence-electron chi connectivity index (χ4n) is 2.54. The molecule has 0 heterocycles. The molecule has 0 aromatic heterocycles. The molecule has 0 aliphatic heterocycles. The minimum atomic E-state index is -3.65. The second-order valence-corrected chi connectivity index (χ2v) is 8.28. The van der Waals surface area contributed by atoms with E-state index >= 15 is 0 Å². The molecular formula is C19H23N3O4S. The molecule has 144 valence electrons. The van der Waals surface area contributed by atoms with Gasteiger partial charge in [0.25, 0.3) is 5.91 Å². The lowest BCUT2D eigenvalue weighted by Crippen LogP contribution is -2.43. The Labute approximate surface area is 159 Å². The largest absolute Gasteiger partial charge is 0.273 e. The zero-order valence-electron chi connectivity index (χ0n) is 15.5. The summed E-state index contributed by atoms with van der Waals surface area (Å²) in [4.78, 5) is 24.7. The van der Waals surface area contributed by atoms with Gasteiger partial charge in [0.05, 0.1) is 10.8 Å². The first-order valence-electron chi connectivity index (χ1n) is 8.45. The van der Waals surface area contributed by atoms with Crippen LogP contribution in [0.2, 0.25) is 0 Å². The molecule has 27 heavy (non-hydrogen) atoms. The van der Waals surface area contributed by atoms with E-state index in [2.05, 4.69) is 10.9 Å². The van der Waals surface area contributed by atoms with Crippen molar-refractivity contribution < 1.29 is 18.0 Å². The second-order valence-electron chi connectivity index (χ2n) is 6.13. The number of benzene rings is 2. The lowest BCUT2D eigenvalue weighted by Gasteiger charge is -2.16. The smallest absolute Gasteiger partial charge is 0.269 e. The standard InChI is InChI=1S/C19H23N3O4S/c1-4-17(14-9-6-5-7-10-14)19(24)21-20-18(23)15-11-8-12-16(13-15)27(25,26)22(2)3/h5-13,17H,4H2,1-3H3,(H,20,23)(H,21,24). The minimum Gasteiger partial charge on any atom is -0.273 e. The Kier molecular flexibility index (Phi) is 6.70. The molecular weight excluding hydrogens is 366 g/mol. The first kappa shape index (κ1) is 20.6. The molecule has 0 fully saturated rings. The zero-order chi connectivity index (χ0) is 20.0. The van der Waals surface area contributed by atoms with Crippen molar-refractivity contribution in [2.75, 3.05) is 14.1 Å². The average Bonchev–Trinajstić information content (AvgIpc) is 2.67. The molecule has 0 spiro atoms. The SMILES string of the molecule is CCC(C(=O)NNC(=O)c1cccc(S(=O)(=O)N(C)C)c1)c1ccccc1. The van der Waals surface area contributed by atoms with Gasteiger partial charge in [-0.1, -0.05) is 43.3 Å². The van der Waals surface area contributed by atoms with Gasteiger partial charge in [-0.2, -0.15) is 0 Å². The second kappa shape index (κ2) is 8.79. The zero-order valence-corrected chi connectivity index (χ0v) is 16.3. The highest BCUT2D eigenvalue weighted by Crippen LogP contribution is 2.19. The summed E-state index contributed by atoms with van der Waals surface area (Å²) in [5.74, 6) is -1.33. The van der Waals surface area contributed by atoms with E-state index in [1.165, 1.54) is 38.4 Å². The predicted octanol–water partition coefficient (Wildman–Crippen LogP) is 1.89. The number of rotatable bonds is 6. The number of carbonyl (C=O) groups excluding carboxylic acids is 2. The number of sulfonamides is 1. The van der Waals surface area contributed by atoms with E-state index in [0.717, 1.165) is 9.87 Å². The third-order valence-corrected chi connectivity index (χ3v) is 5.91. The van der Waals surface area contributed by atoms with Crippen molar-refractivity contribution in [2.45, 2.75) is 24.2 Å². The molecule has 0 aliphatic rings. The molecule has 8 heteroatoms. The van der Waals surface area contributed by atoms with E-state index in [4.69, 9.17) is 0 Å². The van der Waals surface area contributed by atoms with Crippen molar-refractivity contribution in [3.63, 3.8) is 0 Å². The van der Waals surface area contributed by atoms with Crippen LogP contribution in [0.5, 0.6) is 0 Å². The van der Waals surface area contributed by atoms with Gasteiger partial charge in [0, 0.05) is 19.7 Å². The highest BCUT2D eigenvalue weighted by molar-refractivity contribution is 7.89. The van der Waals surface area contributed by atoms with E-state index in [1.54, 1.807) is 0 Å². The molecule has 0 aliphatic carbocycles. The van der Waals surface area contributed by atoms with Crippen LogP contribution in [0, 0.1) is 0 Å². The molecule has 2 aromatic rings. The summed E-state index contributed by atoms with van der Waals surface area (Å²) in [6.07, 6.45) is 0.572. The summed E-state index contributed by atoms with van der Waals surface area (Å²) >= 11 is 0. The van der Waals surface area contributed by atoms with E-state index in [0.29, 0.717) is 6.42 Å². The van der Waals surface area contributed by atoms with Gasteiger partial charge >= 0.3 is 0 Å². The average molecular weight is 389 g/mol. The van der Waals surface area contributed by atoms with E-state index in [1.807, 2.05) is 37.3 Å².